The second kappa shape index (κ2) is 10.8. The molecule has 0 saturated heterocycles. The van der Waals surface area contributed by atoms with Crippen LogP contribution in [0.25, 0.3) is 21.3 Å². The van der Waals surface area contributed by atoms with Crippen molar-refractivity contribution in [3.05, 3.63) is 50.6 Å². The molecule has 1 saturated carbocycles. The van der Waals surface area contributed by atoms with Gasteiger partial charge < -0.3 is 29.0 Å². The summed E-state index contributed by atoms with van der Waals surface area (Å²) < 4.78 is 18.5. The second-order valence-corrected chi connectivity index (χ2v) is 12.5. The first-order valence-electron chi connectivity index (χ1n) is 13.7. The number of aromatic nitrogens is 1. The molecule has 10 nitrogen and oxygen atoms in total. The molecule has 0 spiro atoms. The van der Waals surface area contributed by atoms with Gasteiger partial charge >= 0.3 is 12.1 Å². The van der Waals surface area contributed by atoms with Crippen LogP contribution in [0.1, 0.15) is 80.3 Å². The summed E-state index contributed by atoms with van der Waals surface area (Å²) in [5.41, 5.74) is 1.28. The number of carbonyl (C=O) groups excluding carboxylic acids is 3. The van der Waals surface area contributed by atoms with Crippen molar-refractivity contribution >= 4 is 40.2 Å². The zero-order valence-electron chi connectivity index (χ0n) is 24.2. The zero-order valence-corrected chi connectivity index (χ0v) is 25.0. The third-order valence-electron chi connectivity index (χ3n) is 7.11. The van der Waals surface area contributed by atoms with Gasteiger partial charge in [0.05, 0.1) is 30.7 Å². The van der Waals surface area contributed by atoms with Crippen LogP contribution in [0.3, 0.4) is 0 Å². The third-order valence-corrected chi connectivity index (χ3v) is 8.44. The summed E-state index contributed by atoms with van der Waals surface area (Å²) in [4.78, 5) is 54.5. The van der Waals surface area contributed by atoms with Gasteiger partial charge in [0.15, 0.2) is 5.75 Å². The van der Waals surface area contributed by atoms with Crippen LogP contribution in [0.15, 0.2) is 29.2 Å². The molecule has 2 aromatic heterocycles. The van der Waals surface area contributed by atoms with Gasteiger partial charge in [0.1, 0.15) is 11.2 Å². The maximum absolute atomic E-state index is 13.4. The van der Waals surface area contributed by atoms with E-state index in [1.165, 1.54) is 18.3 Å². The Hall–Kier alpha value is -3.86. The van der Waals surface area contributed by atoms with E-state index < -0.39 is 29.1 Å². The van der Waals surface area contributed by atoms with Gasteiger partial charge in [0.2, 0.25) is 11.3 Å². The number of fused-ring (bicyclic) bond motifs is 2. The van der Waals surface area contributed by atoms with Crippen LogP contribution in [0.5, 0.6) is 5.75 Å². The van der Waals surface area contributed by atoms with Gasteiger partial charge in [-0.05, 0) is 64.3 Å². The van der Waals surface area contributed by atoms with E-state index in [1.807, 2.05) is 16.7 Å². The Morgan fingerprint density at radius 3 is 2.51 bits per heavy atom. The Balaban J connectivity index is 1.62. The predicted molar refractivity (Wildman–Crippen MR) is 156 cm³/mol. The van der Waals surface area contributed by atoms with E-state index in [2.05, 4.69) is 5.32 Å². The molecule has 1 atom stereocenters. The summed E-state index contributed by atoms with van der Waals surface area (Å²) in [6.45, 7) is 9.53. The Labute approximate surface area is 242 Å². The summed E-state index contributed by atoms with van der Waals surface area (Å²) in [7, 11) is 1.57. The average Bonchev–Trinajstić information content (AvgIpc) is 3.64. The van der Waals surface area contributed by atoms with Gasteiger partial charge in [0, 0.05) is 47.6 Å². The highest BCUT2D eigenvalue weighted by Gasteiger charge is 2.33. The molecule has 1 unspecified atom stereocenters. The Morgan fingerprint density at radius 2 is 1.90 bits per heavy atom. The molecule has 3 heterocycles. The zero-order chi connectivity index (χ0) is 29.6. The molecule has 2 aliphatic rings. The molecule has 1 N–H and O–H groups in total. The van der Waals surface area contributed by atoms with Crippen molar-refractivity contribution in [1.29, 1.82) is 0 Å². The number of pyridine rings is 1. The molecule has 11 heteroatoms. The number of ether oxygens (including phenoxy) is 3. The summed E-state index contributed by atoms with van der Waals surface area (Å²) >= 11 is 1.51. The van der Waals surface area contributed by atoms with Crippen molar-refractivity contribution in [2.24, 2.45) is 0 Å². The number of benzene rings is 1. The first kappa shape index (κ1) is 28.7. The van der Waals surface area contributed by atoms with Crippen molar-refractivity contribution in [3.63, 3.8) is 0 Å². The first-order chi connectivity index (χ1) is 19.4. The highest BCUT2D eigenvalue weighted by Crippen LogP contribution is 2.46. The lowest BCUT2D eigenvalue weighted by atomic mass is 10.0. The Kier molecular flexibility index (Phi) is 7.58. The molecule has 5 rings (SSSR count). The predicted octanol–water partition coefficient (Wildman–Crippen LogP) is 5.18. The number of hydrogen-bond acceptors (Lipinski definition) is 8. The average molecular weight is 582 g/mol. The fraction of sp³-hybridized carbons (Fsp3) is 0.467. The fourth-order valence-corrected chi connectivity index (χ4v) is 6.42. The van der Waals surface area contributed by atoms with Crippen LogP contribution in [-0.2, 0) is 20.8 Å². The van der Waals surface area contributed by atoms with E-state index in [-0.39, 0.29) is 24.1 Å². The number of thiophene rings is 1. The number of nitrogens with one attached hydrogen (secondary N) is 1. The normalized spacial score (nSPS) is 16.7. The van der Waals surface area contributed by atoms with E-state index in [0.29, 0.717) is 29.7 Å². The summed E-state index contributed by atoms with van der Waals surface area (Å²) in [5, 5.41) is 3.33. The minimum Gasteiger partial charge on any atom is -0.494 e. The molecule has 2 amide bonds. The van der Waals surface area contributed by atoms with Crippen molar-refractivity contribution < 1.29 is 28.6 Å². The topological polar surface area (TPSA) is 116 Å². The van der Waals surface area contributed by atoms with Crippen molar-refractivity contribution in [2.75, 3.05) is 20.3 Å². The highest BCUT2D eigenvalue weighted by atomic mass is 32.1. The fourth-order valence-electron chi connectivity index (χ4n) is 5.18. The van der Waals surface area contributed by atoms with Gasteiger partial charge in [-0.3, -0.25) is 9.59 Å². The molecule has 0 bridgehead atoms. The van der Waals surface area contributed by atoms with E-state index in [1.54, 1.807) is 52.0 Å². The Morgan fingerprint density at radius 1 is 1.17 bits per heavy atom. The third kappa shape index (κ3) is 5.68. The molecule has 0 radical (unpaired) electrons. The second-order valence-electron chi connectivity index (χ2n) is 11.4. The van der Waals surface area contributed by atoms with Crippen LogP contribution in [0.4, 0.5) is 4.79 Å². The van der Waals surface area contributed by atoms with E-state index in [9.17, 15) is 19.2 Å². The monoisotopic (exact) mass is 581 g/mol. The molecule has 1 aliphatic carbocycles. The number of amides is 2. The number of alkyl carbamates (subject to hydrolysis) is 1. The lowest BCUT2D eigenvalue weighted by Gasteiger charge is -2.33. The Bertz CT molecular complexity index is 1600. The largest absolute Gasteiger partial charge is 0.494 e. The summed E-state index contributed by atoms with van der Waals surface area (Å²) in [5.74, 6) is -0.199. The number of nitrogens with zero attached hydrogens (tertiary/aromatic N) is 2. The number of methoxy groups -OCH3 is 1. The van der Waals surface area contributed by atoms with Crippen molar-refractivity contribution in [3.8, 4) is 16.2 Å². The number of esters is 1. The summed E-state index contributed by atoms with van der Waals surface area (Å²) in [6, 6.07) is 5.27. The van der Waals surface area contributed by atoms with Crippen LogP contribution < -0.4 is 15.5 Å². The molecule has 1 aliphatic heterocycles. The minimum absolute atomic E-state index is 0.00743. The van der Waals surface area contributed by atoms with Crippen LogP contribution in [0.2, 0.25) is 0 Å². The number of rotatable bonds is 6. The lowest BCUT2D eigenvalue weighted by Crippen LogP contribution is -2.44. The quantitative estimate of drug-likeness (QED) is 0.399. The van der Waals surface area contributed by atoms with Crippen LogP contribution in [0, 0.1) is 0 Å². The molecule has 1 aromatic carbocycles. The number of hydrogen-bond donors (Lipinski definition) is 1. The molecular formula is C30H35N3O7S. The molecule has 41 heavy (non-hydrogen) atoms. The van der Waals surface area contributed by atoms with Gasteiger partial charge in [-0.15, -0.1) is 11.3 Å². The van der Waals surface area contributed by atoms with E-state index in [0.717, 1.165) is 33.7 Å². The lowest BCUT2D eigenvalue weighted by molar-refractivity contribution is -0.130. The van der Waals surface area contributed by atoms with Gasteiger partial charge in [-0.2, -0.15) is 0 Å². The molecule has 3 aromatic rings. The highest BCUT2D eigenvalue weighted by molar-refractivity contribution is 7.15. The SMILES string of the molecule is CCOC(=O)c1cn(C2CC2)c2c(OC)c(-c3cc4c(s3)C(NC(=O)OC(C)(C)C)CN(C(C)=O)C4)ccc2c1=O. The molecule has 1 fully saturated rings. The minimum atomic E-state index is -0.661. The standard InChI is InChI=1S/C30H35N3O7S/c1-7-39-28(36)21-14-33(18-8-9-18)24-20(25(21)35)11-10-19(26(24)38-6)23-12-17-13-32(16(2)34)15-22(27(17)41-23)31-29(37)40-30(3,4)5/h10-12,14,18,22H,7-9,13,15H2,1-6H3,(H,31,37). The van der Waals surface area contributed by atoms with Crippen LogP contribution >= 0.6 is 11.3 Å². The van der Waals surface area contributed by atoms with Gasteiger partial charge in [-0.25, -0.2) is 9.59 Å². The maximum atomic E-state index is 13.4. The van der Waals surface area contributed by atoms with Crippen LogP contribution in [-0.4, -0.2) is 53.3 Å². The van der Waals surface area contributed by atoms with Gasteiger partial charge in [-0.1, -0.05) is 0 Å². The molecule has 218 valence electrons. The summed E-state index contributed by atoms with van der Waals surface area (Å²) in [6.07, 6.45) is 2.90. The van der Waals surface area contributed by atoms with Crippen molar-refractivity contribution in [2.45, 2.75) is 71.7 Å². The van der Waals surface area contributed by atoms with E-state index in [4.69, 9.17) is 14.2 Å². The molecular weight excluding hydrogens is 546 g/mol. The van der Waals surface area contributed by atoms with Crippen molar-refractivity contribution in [1.82, 2.24) is 14.8 Å². The van der Waals surface area contributed by atoms with Gasteiger partial charge in [0.25, 0.3) is 0 Å². The smallest absolute Gasteiger partial charge is 0.408 e. The first-order valence-corrected chi connectivity index (χ1v) is 14.5. The van der Waals surface area contributed by atoms with E-state index >= 15 is 0 Å². The number of carbonyl (C=O) groups is 3. The maximum Gasteiger partial charge on any atom is 0.408 e.